The predicted molar refractivity (Wildman–Crippen MR) is 67.8 cm³/mol. The monoisotopic (exact) mass is 253 g/mol. The number of benzene rings is 1. The second kappa shape index (κ2) is 5.38. The Balaban J connectivity index is 1.97. The van der Waals surface area contributed by atoms with Crippen LogP contribution in [0.3, 0.4) is 0 Å². The zero-order valence-electron chi connectivity index (χ0n) is 9.58. The van der Waals surface area contributed by atoms with Gasteiger partial charge in [-0.05, 0) is 29.7 Å². The number of nitrogens with one attached hydrogen (secondary N) is 1. The van der Waals surface area contributed by atoms with Gasteiger partial charge in [-0.2, -0.15) is 0 Å². The molecule has 1 saturated heterocycles. The number of hydrogen-bond donors (Lipinski definition) is 2. The molecule has 5 heteroatoms. The fourth-order valence-electron chi connectivity index (χ4n) is 1.76. The maximum atomic E-state index is 11.6. The van der Waals surface area contributed by atoms with Crippen LogP contribution in [-0.2, 0) is 13.1 Å². The molecule has 0 atom stereocenters. The average molecular weight is 254 g/mol. The molecule has 0 radical (unpaired) electrons. The van der Waals surface area contributed by atoms with E-state index in [0.29, 0.717) is 18.1 Å². The summed E-state index contributed by atoms with van der Waals surface area (Å²) in [5, 5.41) is 3.54. The third-order valence-electron chi connectivity index (χ3n) is 2.96. The normalized spacial score (nSPS) is 14.4. The number of likely N-dealkylation sites (tertiary alicyclic amines) is 1. The van der Waals surface area contributed by atoms with Crippen molar-refractivity contribution in [2.24, 2.45) is 5.73 Å². The third kappa shape index (κ3) is 2.90. The van der Waals surface area contributed by atoms with Crippen molar-refractivity contribution in [1.29, 1.82) is 0 Å². The van der Waals surface area contributed by atoms with Crippen LogP contribution in [-0.4, -0.2) is 24.0 Å². The molecule has 0 aromatic heterocycles. The lowest BCUT2D eigenvalue weighted by molar-refractivity contribution is 0.167. The van der Waals surface area contributed by atoms with Gasteiger partial charge in [0.25, 0.3) is 0 Å². The Morgan fingerprint density at radius 1 is 1.41 bits per heavy atom. The van der Waals surface area contributed by atoms with Crippen LogP contribution in [0.15, 0.2) is 18.2 Å². The lowest BCUT2D eigenvalue weighted by Crippen LogP contribution is -2.47. The fourth-order valence-corrected chi connectivity index (χ4v) is 1.95. The van der Waals surface area contributed by atoms with Gasteiger partial charge in [0.05, 0.1) is 0 Å². The summed E-state index contributed by atoms with van der Waals surface area (Å²) in [5.41, 5.74) is 7.63. The minimum absolute atomic E-state index is 0.0146. The van der Waals surface area contributed by atoms with Crippen molar-refractivity contribution in [2.45, 2.75) is 19.5 Å². The average Bonchev–Trinajstić information content (AvgIpc) is 2.24. The van der Waals surface area contributed by atoms with Crippen molar-refractivity contribution in [3.8, 4) is 0 Å². The molecular formula is C12H16ClN3O. The molecule has 1 fully saturated rings. The summed E-state index contributed by atoms with van der Waals surface area (Å²) in [7, 11) is 0. The van der Waals surface area contributed by atoms with Crippen LogP contribution in [0.25, 0.3) is 0 Å². The minimum atomic E-state index is -0.0146. The molecule has 1 aliphatic heterocycles. The Morgan fingerprint density at radius 3 is 2.76 bits per heavy atom. The van der Waals surface area contributed by atoms with Crippen LogP contribution in [0.4, 0.5) is 4.79 Å². The van der Waals surface area contributed by atoms with E-state index >= 15 is 0 Å². The molecule has 1 aromatic carbocycles. The van der Waals surface area contributed by atoms with E-state index in [-0.39, 0.29) is 6.03 Å². The van der Waals surface area contributed by atoms with Gasteiger partial charge in [-0.1, -0.05) is 17.7 Å². The second-order valence-corrected chi connectivity index (χ2v) is 4.55. The van der Waals surface area contributed by atoms with Crippen LogP contribution in [0.2, 0.25) is 5.02 Å². The van der Waals surface area contributed by atoms with Crippen molar-refractivity contribution < 1.29 is 4.79 Å². The van der Waals surface area contributed by atoms with E-state index in [2.05, 4.69) is 5.32 Å². The number of nitrogens with two attached hydrogens (primary N) is 1. The number of carbonyl (C=O) groups excluding carboxylic acids is 1. The molecule has 2 amide bonds. The number of nitrogens with zero attached hydrogens (tertiary/aromatic N) is 1. The molecule has 1 aliphatic rings. The molecule has 92 valence electrons. The Morgan fingerprint density at radius 2 is 2.18 bits per heavy atom. The lowest BCUT2D eigenvalue weighted by atomic mass is 10.1. The van der Waals surface area contributed by atoms with Gasteiger partial charge in [-0.15, -0.1) is 0 Å². The van der Waals surface area contributed by atoms with E-state index in [1.54, 1.807) is 4.90 Å². The minimum Gasteiger partial charge on any atom is -0.334 e. The number of urea groups is 1. The standard InChI is InChI=1S/C12H16ClN3O/c13-11-3-2-9(7-14)10(6-11)8-15-12(17)16-4-1-5-16/h2-3,6H,1,4-5,7-8,14H2,(H,15,17). The topological polar surface area (TPSA) is 58.4 Å². The summed E-state index contributed by atoms with van der Waals surface area (Å²) in [5.74, 6) is 0. The molecule has 0 aliphatic carbocycles. The summed E-state index contributed by atoms with van der Waals surface area (Å²) < 4.78 is 0. The Hall–Kier alpha value is -1.26. The highest BCUT2D eigenvalue weighted by Gasteiger charge is 2.19. The largest absolute Gasteiger partial charge is 0.334 e. The summed E-state index contributed by atoms with van der Waals surface area (Å²) in [6.45, 7) is 2.63. The first-order chi connectivity index (χ1) is 8.20. The Bertz CT molecular complexity index is 418. The summed E-state index contributed by atoms with van der Waals surface area (Å²) in [6, 6.07) is 5.54. The summed E-state index contributed by atoms with van der Waals surface area (Å²) in [6.07, 6.45) is 1.10. The highest BCUT2D eigenvalue weighted by Crippen LogP contribution is 2.16. The van der Waals surface area contributed by atoms with E-state index in [4.69, 9.17) is 17.3 Å². The Kier molecular flexibility index (Phi) is 3.86. The number of hydrogen-bond acceptors (Lipinski definition) is 2. The molecular weight excluding hydrogens is 238 g/mol. The maximum absolute atomic E-state index is 11.6. The van der Waals surface area contributed by atoms with Gasteiger partial charge in [0.2, 0.25) is 0 Å². The molecule has 3 N–H and O–H groups in total. The smallest absolute Gasteiger partial charge is 0.317 e. The van der Waals surface area contributed by atoms with Gasteiger partial charge in [0.15, 0.2) is 0 Å². The third-order valence-corrected chi connectivity index (χ3v) is 3.20. The quantitative estimate of drug-likeness (QED) is 0.862. The summed E-state index contributed by atoms with van der Waals surface area (Å²) >= 11 is 5.93. The van der Waals surface area contributed by atoms with Crippen molar-refractivity contribution in [3.63, 3.8) is 0 Å². The van der Waals surface area contributed by atoms with Crippen LogP contribution in [0.1, 0.15) is 17.5 Å². The van der Waals surface area contributed by atoms with Gasteiger partial charge >= 0.3 is 6.03 Å². The summed E-state index contributed by atoms with van der Waals surface area (Å²) in [4.78, 5) is 13.4. The van der Waals surface area contributed by atoms with E-state index in [1.807, 2.05) is 18.2 Å². The number of halogens is 1. The number of amides is 2. The van der Waals surface area contributed by atoms with E-state index < -0.39 is 0 Å². The van der Waals surface area contributed by atoms with E-state index in [1.165, 1.54) is 0 Å². The molecule has 0 spiro atoms. The second-order valence-electron chi connectivity index (χ2n) is 4.12. The molecule has 2 rings (SSSR count). The number of carbonyl (C=O) groups is 1. The van der Waals surface area contributed by atoms with Crippen LogP contribution >= 0.6 is 11.6 Å². The highest BCUT2D eigenvalue weighted by atomic mass is 35.5. The SMILES string of the molecule is NCc1ccc(Cl)cc1CNC(=O)N1CCC1. The van der Waals surface area contributed by atoms with E-state index in [9.17, 15) is 4.79 Å². The first kappa shape index (κ1) is 12.2. The first-order valence-corrected chi connectivity index (χ1v) is 6.08. The molecule has 4 nitrogen and oxygen atoms in total. The van der Waals surface area contributed by atoms with Crippen LogP contribution < -0.4 is 11.1 Å². The number of rotatable bonds is 3. The van der Waals surface area contributed by atoms with Crippen molar-refractivity contribution in [1.82, 2.24) is 10.2 Å². The Labute approximate surface area is 106 Å². The predicted octanol–water partition coefficient (Wildman–Crippen LogP) is 1.71. The van der Waals surface area contributed by atoms with Crippen molar-refractivity contribution >= 4 is 17.6 Å². The van der Waals surface area contributed by atoms with Gasteiger partial charge in [-0.3, -0.25) is 0 Å². The van der Waals surface area contributed by atoms with E-state index in [0.717, 1.165) is 30.6 Å². The van der Waals surface area contributed by atoms with Crippen molar-refractivity contribution in [2.75, 3.05) is 13.1 Å². The fraction of sp³-hybridized carbons (Fsp3) is 0.417. The molecule has 17 heavy (non-hydrogen) atoms. The zero-order valence-corrected chi connectivity index (χ0v) is 10.3. The maximum Gasteiger partial charge on any atom is 0.317 e. The molecule has 0 unspecified atom stereocenters. The highest BCUT2D eigenvalue weighted by molar-refractivity contribution is 6.30. The van der Waals surface area contributed by atoms with Gasteiger partial charge in [-0.25, -0.2) is 4.79 Å². The zero-order chi connectivity index (χ0) is 12.3. The molecule has 0 saturated carbocycles. The molecule has 1 aromatic rings. The van der Waals surface area contributed by atoms with Gasteiger partial charge < -0.3 is 16.0 Å². The van der Waals surface area contributed by atoms with Crippen molar-refractivity contribution in [3.05, 3.63) is 34.3 Å². The van der Waals surface area contributed by atoms with Crippen LogP contribution in [0.5, 0.6) is 0 Å². The lowest BCUT2D eigenvalue weighted by Gasteiger charge is -2.30. The van der Waals surface area contributed by atoms with Gasteiger partial charge in [0.1, 0.15) is 0 Å². The molecule has 0 bridgehead atoms. The first-order valence-electron chi connectivity index (χ1n) is 5.71. The van der Waals surface area contributed by atoms with Gasteiger partial charge in [0, 0.05) is 31.2 Å². The molecule has 1 heterocycles. The van der Waals surface area contributed by atoms with Crippen LogP contribution in [0, 0.1) is 0 Å².